The predicted molar refractivity (Wildman–Crippen MR) is 166 cm³/mol. The van der Waals surface area contributed by atoms with Crippen molar-refractivity contribution < 1.29 is 19.7 Å². The van der Waals surface area contributed by atoms with Crippen LogP contribution in [0.3, 0.4) is 0 Å². The summed E-state index contributed by atoms with van der Waals surface area (Å²) in [5, 5.41) is 20.6. The molecule has 0 amide bonds. The monoisotopic (exact) mass is 566 g/mol. The molecular formula is C36H42N2O4. The van der Waals surface area contributed by atoms with Crippen molar-refractivity contribution in [1.82, 2.24) is 4.90 Å². The quantitative estimate of drug-likeness (QED) is 0.213. The summed E-state index contributed by atoms with van der Waals surface area (Å²) in [6, 6.07) is 34.2. The third kappa shape index (κ3) is 6.81. The first-order valence-electron chi connectivity index (χ1n) is 14.7. The summed E-state index contributed by atoms with van der Waals surface area (Å²) in [6.07, 6.45) is -1.53. The highest BCUT2D eigenvalue weighted by atomic mass is 16.7. The van der Waals surface area contributed by atoms with Crippen molar-refractivity contribution >= 4 is 0 Å². The van der Waals surface area contributed by atoms with E-state index in [1.807, 2.05) is 80.7 Å². The number of hydrogen-bond donors (Lipinski definition) is 3. The van der Waals surface area contributed by atoms with Crippen LogP contribution in [0.15, 0.2) is 103 Å². The first-order chi connectivity index (χ1) is 20.4. The van der Waals surface area contributed by atoms with Crippen LogP contribution >= 0.6 is 0 Å². The third-order valence-corrected chi connectivity index (χ3v) is 8.56. The smallest absolute Gasteiger partial charge is 0.184 e. The lowest BCUT2D eigenvalue weighted by molar-refractivity contribution is -0.276. The van der Waals surface area contributed by atoms with Gasteiger partial charge < -0.3 is 25.4 Å². The van der Waals surface area contributed by atoms with Gasteiger partial charge in [-0.2, -0.15) is 0 Å². The molecule has 4 aromatic rings. The molecule has 0 spiro atoms. The number of nitrogens with zero attached hydrogens (tertiary/aromatic N) is 1. The van der Waals surface area contributed by atoms with Gasteiger partial charge in [0, 0.05) is 30.6 Å². The summed E-state index contributed by atoms with van der Waals surface area (Å²) >= 11 is 0. The zero-order chi connectivity index (χ0) is 29.6. The number of rotatable bonds is 10. The van der Waals surface area contributed by atoms with Gasteiger partial charge in [0.05, 0.1) is 24.9 Å². The molecule has 0 aromatic heterocycles. The average Bonchev–Trinajstić information content (AvgIpc) is 3.05. The SMILES string of the molecule is CC1C(CN(C)C(C)C(O)c2ccccc2)OC(c2ccc(-c3cccc(CN)c3)cc2)OC1c1ccc(CO)cc1. The summed E-state index contributed by atoms with van der Waals surface area (Å²) in [5.74, 6) is 0.0445. The second kappa shape index (κ2) is 13.7. The highest BCUT2D eigenvalue weighted by molar-refractivity contribution is 5.64. The number of aliphatic hydroxyl groups excluding tert-OH is 2. The van der Waals surface area contributed by atoms with E-state index in [-0.39, 0.29) is 30.8 Å². The summed E-state index contributed by atoms with van der Waals surface area (Å²) in [4.78, 5) is 2.17. The Morgan fingerprint density at radius 1 is 0.810 bits per heavy atom. The Hall–Kier alpha value is -3.36. The van der Waals surface area contributed by atoms with Crippen molar-refractivity contribution in [3.8, 4) is 11.1 Å². The Morgan fingerprint density at radius 2 is 1.50 bits per heavy atom. The first-order valence-corrected chi connectivity index (χ1v) is 14.7. The Labute approximate surface area is 249 Å². The van der Waals surface area contributed by atoms with Crippen molar-refractivity contribution in [2.45, 2.75) is 57.6 Å². The number of hydrogen-bond acceptors (Lipinski definition) is 6. The van der Waals surface area contributed by atoms with Gasteiger partial charge >= 0.3 is 0 Å². The maximum absolute atomic E-state index is 11.1. The second-order valence-corrected chi connectivity index (χ2v) is 11.4. The molecule has 1 saturated heterocycles. The summed E-state index contributed by atoms with van der Waals surface area (Å²) < 4.78 is 13.3. The van der Waals surface area contributed by atoms with Crippen LogP contribution in [0.2, 0.25) is 0 Å². The van der Waals surface area contributed by atoms with Crippen LogP contribution in [0.5, 0.6) is 0 Å². The minimum absolute atomic E-state index is 0.00266. The van der Waals surface area contributed by atoms with Crippen LogP contribution in [0.25, 0.3) is 11.1 Å². The van der Waals surface area contributed by atoms with Gasteiger partial charge in [-0.15, -0.1) is 0 Å². The van der Waals surface area contributed by atoms with Gasteiger partial charge in [-0.25, -0.2) is 0 Å². The molecule has 6 nitrogen and oxygen atoms in total. The lowest BCUT2D eigenvalue weighted by Crippen LogP contribution is -2.46. The minimum Gasteiger partial charge on any atom is -0.392 e. The van der Waals surface area contributed by atoms with E-state index >= 15 is 0 Å². The number of aliphatic hydroxyl groups is 2. The molecule has 0 saturated carbocycles. The molecule has 6 heteroatoms. The minimum atomic E-state index is -0.616. The third-order valence-electron chi connectivity index (χ3n) is 8.56. The van der Waals surface area contributed by atoms with Crippen LogP contribution < -0.4 is 5.73 Å². The fraction of sp³-hybridized carbons (Fsp3) is 0.333. The van der Waals surface area contributed by atoms with E-state index in [1.54, 1.807) is 0 Å². The molecule has 5 rings (SSSR count). The maximum atomic E-state index is 11.1. The van der Waals surface area contributed by atoms with Crippen LogP contribution in [0.4, 0.5) is 0 Å². The van der Waals surface area contributed by atoms with Crippen LogP contribution in [-0.4, -0.2) is 40.9 Å². The Kier molecular flexibility index (Phi) is 9.85. The van der Waals surface area contributed by atoms with Crippen LogP contribution in [0, 0.1) is 5.92 Å². The molecule has 1 aliphatic heterocycles. The lowest BCUT2D eigenvalue weighted by atomic mass is 9.89. The van der Waals surface area contributed by atoms with Crippen molar-refractivity contribution in [3.05, 3.63) is 131 Å². The molecule has 1 aliphatic rings. The molecule has 4 aromatic carbocycles. The Bertz CT molecular complexity index is 1410. The van der Waals surface area contributed by atoms with E-state index in [9.17, 15) is 10.2 Å². The normalized spacial score (nSPS) is 22.2. The molecule has 4 N–H and O–H groups in total. The van der Waals surface area contributed by atoms with Crippen molar-refractivity contribution in [1.29, 1.82) is 0 Å². The van der Waals surface area contributed by atoms with E-state index in [0.29, 0.717) is 13.1 Å². The molecule has 1 fully saturated rings. The average molecular weight is 567 g/mol. The molecule has 6 atom stereocenters. The van der Waals surface area contributed by atoms with Crippen LogP contribution in [-0.2, 0) is 22.6 Å². The molecule has 220 valence electrons. The molecule has 0 radical (unpaired) electrons. The number of nitrogens with two attached hydrogens (primary N) is 1. The van der Waals surface area contributed by atoms with E-state index in [1.165, 1.54) is 0 Å². The van der Waals surface area contributed by atoms with Gasteiger partial charge in [-0.05, 0) is 53.4 Å². The van der Waals surface area contributed by atoms with E-state index < -0.39 is 12.4 Å². The molecule has 42 heavy (non-hydrogen) atoms. The van der Waals surface area contributed by atoms with E-state index in [0.717, 1.165) is 38.9 Å². The predicted octanol–water partition coefficient (Wildman–Crippen LogP) is 6.15. The summed E-state index contributed by atoms with van der Waals surface area (Å²) in [6.45, 7) is 5.34. The van der Waals surface area contributed by atoms with E-state index in [4.69, 9.17) is 15.2 Å². The van der Waals surface area contributed by atoms with Gasteiger partial charge in [0.2, 0.25) is 0 Å². The fourth-order valence-electron chi connectivity index (χ4n) is 5.66. The zero-order valence-corrected chi connectivity index (χ0v) is 24.6. The topological polar surface area (TPSA) is 88.2 Å². The van der Waals surface area contributed by atoms with Gasteiger partial charge in [0.15, 0.2) is 6.29 Å². The van der Waals surface area contributed by atoms with Crippen LogP contribution in [0.1, 0.15) is 60.2 Å². The number of ether oxygens (including phenoxy) is 2. The molecule has 0 bridgehead atoms. The first kappa shape index (κ1) is 30.1. The fourth-order valence-corrected chi connectivity index (χ4v) is 5.66. The Morgan fingerprint density at radius 3 is 2.17 bits per heavy atom. The van der Waals surface area contributed by atoms with Crippen molar-refractivity contribution in [2.24, 2.45) is 11.7 Å². The highest BCUT2D eigenvalue weighted by Crippen LogP contribution is 2.42. The standard InChI is InChI=1S/C36H42N2O4/c1-24-33(22-38(3)25(2)34(40)29-9-5-4-6-10-29)41-36(42-35(24)30-14-12-26(23-39)13-15-30)31-18-16-28(17-19-31)32-11-7-8-27(20-32)21-37/h4-20,24-25,33-36,39-40H,21-23,37H2,1-3H3. The lowest BCUT2D eigenvalue weighted by Gasteiger charge is -2.43. The summed E-state index contributed by atoms with van der Waals surface area (Å²) in [7, 11) is 2.03. The maximum Gasteiger partial charge on any atom is 0.184 e. The molecular weight excluding hydrogens is 524 g/mol. The van der Waals surface area contributed by atoms with Gasteiger partial charge in [-0.1, -0.05) is 104 Å². The number of benzene rings is 4. The van der Waals surface area contributed by atoms with Gasteiger partial charge in [0.1, 0.15) is 0 Å². The largest absolute Gasteiger partial charge is 0.392 e. The summed E-state index contributed by atoms with van der Waals surface area (Å²) in [5.41, 5.74) is 12.9. The number of likely N-dealkylation sites (N-methyl/N-ethyl adjacent to an activating group) is 1. The van der Waals surface area contributed by atoms with E-state index in [2.05, 4.69) is 48.2 Å². The second-order valence-electron chi connectivity index (χ2n) is 11.4. The zero-order valence-electron chi connectivity index (χ0n) is 24.6. The molecule has 1 heterocycles. The molecule has 0 aliphatic carbocycles. The Balaban J connectivity index is 1.39. The van der Waals surface area contributed by atoms with Crippen molar-refractivity contribution in [2.75, 3.05) is 13.6 Å². The molecule has 6 unspecified atom stereocenters. The highest BCUT2D eigenvalue weighted by Gasteiger charge is 2.39. The van der Waals surface area contributed by atoms with Gasteiger partial charge in [0.25, 0.3) is 0 Å². The van der Waals surface area contributed by atoms with Crippen molar-refractivity contribution in [3.63, 3.8) is 0 Å². The van der Waals surface area contributed by atoms with Gasteiger partial charge in [-0.3, -0.25) is 4.90 Å².